The Morgan fingerprint density at radius 3 is 2.84 bits per heavy atom. The molecule has 2 atom stereocenters. The lowest BCUT2D eigenvalue weighted by Gasteiger charge is -2.27. The maximum atomic E-state index is 12.4. The second-order valence-electron chi connectivity index (χ2n) is 7.75. The first-order valence-corrected chi connectivity index (χ1v) is 10.3. The normalized spacial score (nSPS) is 21.5. The molecule has 31 heavy (non-hydrogen) atoms. The lowest BCUT2D eigenvalue weighted by Crippen LogP contribution is -2.38. The first kappa shape index (κ1) is 20.9. The second-order valence-corrected chi connectivity index (χ2v) is 7.75. The number of primary amides is 1. The number of fused-ring (bicyclic) bond motifs is 2. The number of amides is 2. The first-order valence-electron chi connectivity index (χ1n) is 10.3. The average molecular weight is 423 g/mol. The van der Waals surface area contributed by atoms with Crippen molar-refractivity contribution in [1.82, 2.24) is 9.88 Å². The molecule has 1 fully saturated rings. The van der Waals surface area contributed by atoms with E-state index in [1.807, 2.05) is 0 Å². The van der Waals surface area contributed by atoms with Crippen molar-refractivity contribution < 1.29 is 23.8 Å². The molecule has 0 spiro atoms. The van der Waals surface area contributed by atoms with E-state index in [0.717, 1.165) is 5.39 Å². The summed E-state index contributed by atoms with van der Waals surface area (Å²) in [7, 11) is 0. The van der Waals surface area contributed by atoms with Crippen LogP contribution in [0.15, 0.2) is 18.3 Å². The summed E-state index contributed by atoms with van der Waals surface area (Å²) in [5, 5.41) is 1.40. The fraction of sp³-hybridized carbons (Fsp3) is 0.435. The molecule has 1 aromatic heterocycles. The number of hydrogen-bond acceptors (Lipinski definition) is 6. The summed E-state index contributed by atoms with van der Waals surface area (Å²) in [6.07, 6.45) is 2.79. The lowest BCUT2D eigenvalue weighted by molar-refractivity contribution is -0.135. The van der Waals surface area contributed by atoms with Gasteiger partial charge in [-0.2, -0.15) is 0 Å². The molecule has 2 aliphatic rings. The molecule has 162 valence electrons. The van der Waals surface area contributed by atoms with Gasteiger partial charge in [-0.1, -0.05) is 12.8 Å². The molecule has 4 rings (SSSR count). The van der Waals surface area contributed by atoms with Crippen LogP contribution in [0.1, 0.15) is 42.6 Å². The molecule has 0 aliphatic carbocycles. The van der Waals surface area contributed by atoms with Gasteiger partial charge in [0, 0.05) is 35.9 Å². The predicted octanol–water partition coefficient (Wildman–Crippen LogP) is 2.08. The van der Waals surface area contributed by atoms with Crippen molar-refractivity contribution in [3.05, 3.63) is 29.5 Å². The van der Waals surface area contributed by atoms with Crippen LogP contribution in [0.5, 0.6) is 11.6 Å². The molecule has 2 aromatic rings. The largest absolute Gasteiger partial charge is 0.490 e. The minimum Gasteiger partial charge on any atom is -0.490 e. The number of ether oxygens (including phenoxy) is 3. The number of nitrogens with zero attached hydrogens (tertiary/aromatic N) is 2. The zero-order valence-electron chi connectivity index (χ0n) is 17.6. The number of benzene rings is 1. The average Bonchev–Trinajstić information content (AvgIpc) is 3.01. The van der Waals surface area contributed by atoms with Crippen LogP contribution in [0.4, 0.5) is 0 Å². The Morgan fingerprint density at radius 2 is 2.06 bits per heavy atom. The molecule has 0 saturated carbocycles. The molecular weight excluding hydrogens is 398 g/mol. The molecule has 3 heterocycles. The van der Waals surface area contributed by atoms with Gasteiger partial charge in [-0.3, -0.25) is 9.59 Å². The van der Waals surface area contributed by atoms with E-state index in [9.17, 15) is 9.59 Å². The molecular formula is C23H25N3O5. The van der Waals surface area contributed by atoms with Crippen LogP contribution in [-0.2, 0) is 9.53 Å². The minimum atomic E-state index is -0.604. The van der Waals surface area contributed by atoms with Gasteiger partial charge in [-0.15, -0.1) is 5.92 Å². The zero-order valence-corrected chi connectivity index (χ0v) is 17.6. The van der Waals surface area contributed by atoms with Gasteiger partial charge in [0.25, 0.3) is 5.91 Å². The smallest absolute Gasteiger partial charge is 0.252 e. The zero-order chi connectivity index (χ0) is 22.0. The lowest BCUT2D eigenvalue weighted by atomic mass is 10.0. The maximum absolute atomic E-state index is 12.4. The number of rotatable bonds is 1. The van der Waals surface area contributed by atoms with Crippen LogP contribution in [0, 0.1) is 17.8 Å². The van der Waals surface area contributed by atoms with E-state index in [0.29, 0.717) is 42.0 Å². The summed E-state index contributed by atoms with van der Waals surface area (Å²) in [6.45, 7) is 4.85. The summed E-state index contributed by atoms with van der Waals surface area (Å²) in [5.41, 5.74) is 6.52. The molecule has 0 radical (unpaired) electrons. The van der Waals surface area contributed by atoms with Gasteiger partial charge in [0.1, 0.15) is 19.1 Å². The van der Waals surface area contributed by atoms with Gasteiger partial charge in [0.15, 0.2) is 0 Å². The molecule has 2 N–H and O–H groups in total. The van der Waals surface area contributed by atoms with Crippen molar-refractivity contribution in [2.45, 2.75) is 32.7 Å². The van der Waals surface area contributed by atoms with E-state index >= 15 is 0 Å². The topological polar surface area (TPSA) is 104 Å². The molecule has 2 bridgehead atoms. The van der Waals surface area contributed by atoms with Gasteiger partial charge in [0.2, 0.25) is 11.8 Å². The van der Waals surface area contributed by atoms with E-state index in [-0.39, 0.29) is 43.4 Å². The number of hydrogen-bond donors (Lipinski definition) is 1. The molecule has 8 heteroatoms. The standard InChI is InChI=1S/C23H25N3O5/c1-3-4-15-12-25-23-17-11-20(18(22(24)28)10-16(15)17)30-8-7-29-13-26-19(5-6-31-23)14(2)9-21(26)27/h10-12,14,19H,5-9,13H2,1-2H3,(H2,24,28)/t14-,19-/m1/s1. The van der Waals surface area contributed by atoms with E-state index in [1.165, 1.54) is 0 Å². The van der Waals surface area contributed by atoms with Crippen molar-refractivity contribution >= 4 is 22.6 Å². The maximum Gasteiger partial charge on any atom is 0.252 e. The van der Waals surface area contributed by atoms with Crippen molar-refractivity contribution in [3.63, 3.8) is 0 Å². The van der Waals surface area contributed by atoms with Crippen molar-refractivity contribution in [2.75, 3.05) is 26.6 Å². The third-order valence-corrected chi connectivity index (χ3v) is 5.72. The molecule has 2 amide bonds. The number of pyridine rings is 1. The highest BCUT2D eigenvalue weighted by Gasteiger charge is 2.37. The highest BCUT2D eigenvalue weighted by molar-refractivity contribution is 6.03. The molecule has 1 saturated heterocycles. The first-order chi connectivity index (χ1) is 15.0. The Morgan fingerprint density at radius 1 is 1.23 bits per heavy atom. The highest BCUT2D eigenvalue weighted by Crippen LogP contribution is 2.34. The quantitative estimate of drug-likeness (QED) is 0.705. The van der Waals surface area contributed by atoms with Gasteiger partial charge in [0.05, 0.1) is 24.3 Å². The van der Waals surface area contributed by atoms with E-state index in [2.05, 4.69) is 23.7 Å². The van der Waals surface area contributed by atoms with Crippen LogP contribution in [-0.4, -0.2) is 54.3 Å². The van der Waals surface area contributed by atoms with Gasteiger partial charge < -0.3 is 24.8 Å². The highest BCUT2D eigenvalue weighted by atomic mass is 16.5. The van der Waals surface area contributed by atoms with E-state index < -0.39 is 5.91 Å². The van der Waals surface area contributed by atoms with Crippen LogP contribution >= 0.6 is 0 Å². The van der Waals surface area contributed by atoms with Gasteiger partial charge in [-0.05, 0) is 25.0 Å². The summed E-state index contributed by atoms with van der Waals surface area (Å²) in [6, 6.07) is 3.44. The van der Waals surface area contributed by atoms with E-state index in [4.69, 9.17) is 19.9 Å². The van der Waals surface area contributed by atoms with Crippen LogP contribution in [0.3, 0.4) is 0 Å². The Balaban J connectivity index is 1.76. The summed E-state index contributed by atoms with van der Waals surface area (Å²) < 4.78 is 17.5. The van der Waals surface area contributed by atoms with Crippen LogP contribution < -0.4 is 15.2 Å². The number of carbonyl (C=O) groups excluding carboxylic acids is 2. The monoisotopic (exact) mass is 423 g/mol. The van der Waals surface area contributed by atoms with Crippen LogP contribution in [0.25, 0.3) is 10.8 Å². The molecule has 2 aliphatic heterocycles. The van der Waals surface area contributed by atoms with Gasteiger partial charge >= 0.3 is 0 Å². The number of aromatic nitrogens is 1. The van der Waals surface area contributed by atoms with Crippen molar-refractivity contribution in [1.29, 1.82) is 0 Å². The number of nitrogens with two attached hydrogens (primary N) is 1. The Kier molecular flexibility index (Phi) is 5.96. The predicted molar refractivity (Wildman–Crippen MR) is 114 cm³/mol. The fourth-order valence-corrected chi connectivity index (χ4v) is 4.18. The summed E-state index contributed by atoms with van der Waals surface area (Å²) in [4.78, 5) is 30.6. The Hall–Kier alpha value is -3.31. The summed E-state index contributed by atoms with van der Waals surface area (Å²) in [5.74, 6) is 6.32. The second kappa shape index (κ2) is 8.82. The van der Waals surface area contributed by atoms with Crippen molar-refractivity contribution in [2.24, 2.45) is 11.7 Å². The third-order valence-electron chi connectivity index (χ3n) is 5.72. The van der Waals surface area contributed by atoms with E-state index in [1.54, 1.807) is 30.2 Å². The minimum absolute atomic E-state index is 0.0462. The molecule has 1 aromatic carbocycles. The van der Waals surface area contributed by atoms with Gasteiger partial charge in [-0.25, -0.2) is 4.98 Å². The molecule has 8 nitrogen and oxygen atoms in total. The Labute approximate surface area is 180 Å². The Bertz CT molecular complexity index is 1090. The molecule has 0 unspecified atom stereocenters. The summed E-state index contributed by atoms with van der Waals surface area (Å²) >= 11 is 0. The number of carbonyl (C=O) groups is 2. The van der Waals surface area contributed by atoms with Crippen molar-refractivity contribution in [3.8, 4) is 23.5 Å². The third kappa shape index (κ3) is 4.14. The SMILES string of the molecule is CC#Cc1cnc2c3cc(c(C(N)=O)cc13)OCCOCN1C(=O)C[C@@H](C)[C@H]1CCO2. The fourth-order valence-electron chi connectivity index (χ4n) is 4.18. The van der Waals surface area contributed by atoms with Crippen LogP contribution in [0.2, 0.25) is 0 Å².